The van der Waals surface area contributed by atoms with E-state index in [4.69, 9.17) is 11.6 Å². The summed E-state index contributed by atoms with van der Waals surface area (Å²) >= 11 is 7.70. The van der Waals surface area contributed by atoms with Gasteiger partial charge < -0.3 is 5.32 Å². The minimum atomic E-state index is 0.0758. The molecule has 1 aromatic rings. The quantitative estimate of drug-likeness (QED) is 0.849. The molecule has 0 saturated heterocycles. The van der Waals surface area contributed by atoms with E-state index in [1.165, 1.54) is 4.88 Å². The van der Waals surface area contributed by atoms with Crippen molar-refractivity contribution >= 4 is 22.9 Å². The lowest BCUT2D eigenvalue weighted by atomic mass is 9.91. The van der Waals surface area contributed by atoms with E-state index in [0.29, 0.717) is 6.04 Å². The predicted octanol–water partition coefficient (Wildman–Crippen LogP) is 3.78. The van der Waals surface area contributed by atoms with Crippen molar-refractivity contribution in [3.8, 4) is 0 Å². The fourth-order valence-electron chi connectivity index (χ4n) is 2.55. The van der Waals surface area contributed by atoms with Crippen LogP contribution in [0.5, 0.6) is 0 Å². The Morgan fingerprint density at radius 3 is 2.29 bits per heavy atom. The van der Waals surface area contributed by atoms with Gasteiger partial charge in [-0.2, -0.15) is 0 Å². The maximum atomic E-state index is 6.04. The average Bonchev–Trinajstić information content (AvgIpc) is 2.66. The predicted molar refractivity (Wildman–Crippen MR) is 78.1 cm³/mol. The molecule has 2 nitrogen and oxygen atoms in total. The molecule has 1 heterocycles. The molecule has 17 heavy (non-hydrogen) atoms. The van der Waals surface area contributed by atoms with Gasteiger partial charge in [0.05, 0.1) is 10.4 Å². The van der Waals surface area contributed by atoms with Crippen LogP contribution in [0.3, 0.4) is 0 Å². The first-order chi connectivity index (χ1) is 7.97. The maximum absolute atomic E-state index is 6.04. The van der Waals surface area contributed by atoms with Crippen LogP contribution in [-0.2, 0) is 0 Å². The molecule has 0 saturated carbocycles. The molecule has 1 N–H and O–H groups in total. The summed E-state index contributed by atoms with van der Waals surface area (Å²) in [6.07, 6.45) is 0. The van der Waals surface area contributed by atoms with E-state index in [9.17, 15) is 0 Å². The van der Waals surface area contributed by atoms with Crippen molar-refractivity contribution in [2.45, 2.75) is 39.3 Å². The van der Waals surface area contributed by atoms with E-state index in [1.54, 1.807) is 11.3 Å². The number of hydrogen-bond acceptors (Lipinski definition) is 3. The SMILES string of the molecule is CCN(CC)C(C)(C)C(NC)c1ccc(Cl)s1. The Hall–Kier alpha value is -0.0900. The van der Waals surface area contributed by atoms with E-state index < -0.39 is 0 Å². The maximum Gasteiger partial charge on any atom is 0.0931 e. The first-order valence-corrected chi connectivity index (χ1v) is 7.34. The Kier molecular flexibility index (Phi) is 5.45. The molecule has 4 heteroatoms. The molecule has 0 amide bonds. The number of nitrogens with zero attached hydrogens (tertiary/aromatic N) is 1. The fraction of sp³-hybridized carbons (Fsp3) is 0.692. The molecule has 0 aromatic carbocycles. The van der Waals surface area contributed by atoms with Crippen LogP contribution >= 0.6 is 22.9 Å². The zero-order valence-corrected chi connectivity index (χ0v) is 13.0. The largest absolute Gasteiger partial charge is 0.311 e. The van der Waals surface area contributed by atoms with Gasteiger partial charge in [-0.1, -0.05) is 25.4 Å². The molecule has 0 aliphatic rings. The van der Waals surface area contributed by atoms with Gasteiger partial charge in [0.15, 0.2) is 0 Å². The first kappa shape index (κ1) is 15.0. The summed E-state index contributed by atoms with van der Waals surface area (Å²) in [4.78, 5) is 3.77. The minimum absolute atomic E-state index is 0.0758. The second-order valence-corrected chi connectivity index (χ2v) is 6.44. The molecule has 0 spiro atoms. The number of likely N-dealkylation sites (N-methyl/N-ethyl adjacent to an activating group) is 2. The van der Waals surface area contributed by atoms with Crippen LogP contribution < -0.4 is 5.32 Å². The number of hydrogen-bond donors (Lipinski definition) is 1. The van der Waals surface area contributed by atoms with Crippen LogP contribution in [0, 0.1) is 0 Å². The van der Waals surface area contributed by atoms with Crippen LogP contribution in [0.2, 0.25) is 4.34 Å². The molecule has 98 valence electrons. The smallest absolute Gasteiger partial charge is 0.0931 e. The Balaban J connectivity index is 3.00. The number of thiophene rings is 1. The van der Waals surface area contributed by atoms with Crippen molar-refractivity contribution in [1.82, 2.24) is 10.2 Å². The molecule has 0 aliphatic heterocycles. The molecule has 0 aliphatic carbocycles. The highest BCUT2D eigenvalue weighted by atomic mass is 35.5. The topological polar surface area (TPSA) is 15.3 Å². The summed E-state index contributed by atoms with van der Waals surface area (Å²) in [5, 5.41) is 3.43. The molecule has 0 bridgehead atoms. The molecular weight excluding hydrogens is 252 g/mol. The van der Waals surface area contributed by atoms with E-state index in [1.807, 2.05) is 13.1 Å². The van der Waals surface area contributed by atoms with Gasteiger partial charge in [-0.15, -0.1) is 11.3 Å². The van der Waals surface area contributed by atoms with Gasteiger partial charge in [0, 0.05) is 10.4 Å². The standard InChI is InChI=1S/C13H23ClN2S/c1-6-16(7-2)13(3,4)12(15-5)10-8-9-11(14)17-10/h8-9,12,15H,6-7H2,1-5H3. The first-order valence-electron chi connectivity index (χ1n) is 6.14. The Morgan fingerprint density at radius 1 is 1.35 bits per heavy atom. The summed E-state index contributed by atoms with van der Waals surface area (Å²) in [5.74, 6) is 0. The van der Waals surface area contributed by atoms with Crippen LogP contribution in [-0.4, -0.2) is 30.6 Å². The van der Waals surface area contributed by atoms with Crippen molar-refractivity contribution in [3.63, 3.8) is 0 Å². The van der Waals surface area contributed by atoms with Gasteiger partial charge in [0.2, 0.25) is 0 Å². The van der Waals surface area contributed by atoms with Crippen molar-refractivity contribution in [1.29, 1.82) is 0 Å². The number of rotatable bonds is 6. The van der Waals surface area contributed by atoms with E-state index in [0.717, 1.165) is 17.4 Å². The normalized spacial score (nSPS) is 14.3. The van der Waals surface area contributed by atoms with Crippen molar-refractivity contribution in [3.05, 3.63) is 21.3 Å². The van der Waals surface area contributed by atoms with Crippen molar-refractivity contribution in [2.75, 3.05) is 20.1 Å². The molecule has 0 radical (unpaired) electrons. The zero-order chi connectivity index (χ0) is 13.1. The summed E-state index contributed by atoms with van der Waals surface area (Å²) in [5.41, 5.74) is 0.0758. The van der Waals surface area contributed by atoms with Crippen LogP contribution in [0.25, 0.3) is 0 Å². The van der Waals surface area contributed by atoms with E-state index >= 15 is 0 Å². The van der Waals surface area contributed by atoms with E-state index in [2.05, 4.69) is 44.0 Å². The molecule has 1 rings (SSSR count). The second kappa shape index (κ2) is 6.19. The highest BCUT2D eigenvalue weighted by Gasteiger charge is 2.34. The van der Waals surface area contributed by atoms with Crippen LogP contribution in [0.15, 0.2) is 12.1 Å². The average molecular weight is 275 g/mol. The van der Waals surface area contributed by atoms with Gasteiger partial charge in [0.25, 0.3) is 0 Å². The fourth-order valence-corrected chi connectivity index (χ4v) is 3.90. The lowest BCUT2D eigenvalue weighted by Crippen LogP contribution is -2.51. The number of halogens is 1. The van der Waals surface area contributed by atoms with Gasteiger partial charge in [-0.25, -0.2) is 0 Å². The second-order valence-electron chi connectivity index (χ2n) is 4.69. The minimum Gasteiger partial charge on any atom is -0.311 e. The van der Waals surface area contributed by atoms with Gasteiger partial charge in [-0.05, 0) is 46.1 Å². The summed E-state index contributed by atoms with van der Waals surface area (Å²) in [6.45, 7) is 11.1. The van der Waals surface area contributed by atoms with Crippen LogP contribution in [0.4, 0.5) is 0 Å². The van der Waals surface area contributed by atoms with Gasteiger partial charge >= 0.3 is 0 Å². The van der Waals surface area contributed by atoms with Crippen molar-refractivity contribution < 1.29 is 0 Å². The zero-order valence-electron chi connectivity index (χ0n) is 11.4. The molecule has 1 atom stereocenters. The van der Waals surface area contributed by atoms with Gasteiger partial charge in [0.1, 0.15) is 0 Å². The summed E-state index contributed by atoms with van der Waals surface area (Å²) in [7, 11) is 2.02. The number of nitrogens with one attached hydrogen (secondary N) is 1. The van der Waals surface area contributed by atoms with Gasteiger partial charge in [-0.3, -0.25) is 4.90 Å². The third-order valence-corrected chi connectivity index (χ3v) is 4.75. The summed E-state index contributed by atoms with van der Waals surface area (Å²) < 4.78 is 0.857. The molecule has 0 fully saturated rings. The highest BCUT2D eigenvalue weighted by Crippen LogP contribution is 2.35. The molecule has 1 unspecified atom stereocenters. The lowest BCUT2D eigenvalue weighted by molar-refractivity contribution is 0.0958. The van der Waals surface area contributed by atoms with E-state index in [-0.39, 0.29) is 5.54 Å². The Morgan fingerprint density at radius 2 is 1.94 bits per heavy atom. The monoisotopic (exact) mass is 274 g/mol. The third kappa shape index (κ3) is 3.22. The molecular formula is C13H23ClN2S. The summed E-state index contributed by atoms with van der Waals surface area (Å²) in [6, 6.07) is 4.41. The third-order valence-electron chi connectivity index (χ3n) is 3.45. The Labute approximate surface area is 114 Å². The van der Waals surface area contributed by atoms with Crippen molar-refractivity contribution in [2.24, 2.45) is 0 Å². The van der Waals surface area contributed by atoms with Crippen LogP contribution in [0.1, 0.15) is 38.6 Å². The highest BCUT2D eigenvalue weighted by molar-refractivity contribution is 7.16. The Bertz CT molecular complexity index is 345. The molecule has 1 aromatic heterocycles. The lowest BCUT2D eigenvalue weighted by Gasteiger charge is -2.43.